The highest BCUT2D eigenvalue weighted by Crippen LogP contribution is 2.38. The Morgan fingerprint density at radius 2 is 2.25 bits per heavy atom. The lowest BCUT2D eigenvalue weighted by atomic mass is 9.79. The van der Waals surface area contributed by atoms with Crippen LogP contribution >= 0.6 is 27.3 Å². The van der Waals surface area contributed by atoms with Crippen LogP contribution < -0.4 is 5.32 Å². The Hall–Kier alpha value is -0.640. The van der Waals surface area contributed by atoms with Crippen LogP contribution in [0.25, 0.3) is 0 Å². The van der Waals surface area contributed by atoms with E-state index < -0.39 is 0 Å². The summed E-state index contributed by atoms with van der Waals surface area (Å²) >= 11 is 5.34. The molecular formula is C17H20BrNS. The van der Waals surface area contributed by atoms with Crippen molar-refractivity contribution in [2.45, 2.75) is 37.6 Å². The number of thiophene rings is 1. The fourth-order valence-corrected chi connectivity index (χ4v) is 4.54. The molecule has 0 fully saturated rings. The molecule has 2 aromatic rings. The molecule has 0 aliphatic heterocycles. The maximum absolute atomic E-state index is 3.57. The van der Waals surface area contributed by atoms with Crippen molar-refractivity contribution >= 4 is 27.3 Å². The van der Waals surface area contributed by atoms with Gasteiger partial charge in [0.05, 0.1) is 3.79 Å². The number of halogens is 1. The lowest BCUT2D eigenvalue weighted by molar-refractivity contribution is 0.440. The topological polar surface area (TPSA) is 12.0 Å². The molecule has 1 aromatic carbocycles. The van der Waals surface area contributed by atoms with E-state index in [2.05, 4.69) is 64.0 Å². The summed E-state index contributed by atoms with van der Waals surface area (Å²) in [6.07, 6.45) is 5.09. The van der Waals surface area contributed by atoms with Crippen LogP contribution in [-0.2, 0) is 6.42 Å². The summed E-state index contributed by atoms with van der Waals surface area (Å²) in [5.74, 6) is 0.691. The summed E-state index contributed by atoms with van der Waals surface area (Å²) in [7, 11) is 2.07. The van der Waals surface area contributed by atoms with Gasteiger partial charge in [0.15, 0.2) is 0 Å². The molecule has 20 heavy (non-hydrogen) atoms. The van der Waals surface area contributed by atoms with E-state index in [0.717, 1.165) is 0 Å². The number of rotatable bonds is 4. The Kier molecular flexibility index (Phi) is 4.59. The first-order valence-electron chi connectivity index (χ1n) is 7.27. The minimum Gasteiger partial charge on any atom is -0.313 e. The number of hydrogen-bond donors (Lipinski definition) is 1. The highest BCUT2D eigenvalue weighted by Gasteiger charge is 2.23. The molecular weight excluding hydrogens is 330 g/mol. The number of benzene rings is 1. The Balaban J connectivity index is 1.80. The highest BCUT2D eigenvalue weighted by molar-refractivity contribution is 9.11. The zero-order chi connectivity index (χ0) is 13.9. The standard InChI is InChI=1S/C17H20BrNS/c1-19-16(14-10-17(18)20-11-14)9-13-7-4-6-12-5-2-3-8-15(12)13/h2-3,5,8,10-11,13,16,19H,4,6-7,9H2,1H3. The molecule has 1 aliphatic carbocycles. The Labute approximate surface area is 133 Å². The average molecular weight is 350 g/mol. The fraction of sp³-hybridized carbons (Fsp3) is 0.412. The normalized spacial score (nSPS) is 19.6. The molecule has 106 valence electrons. The first-order valence-corrected chi connectivity index (χ1v) is 8.94. The van der Waals surface area contributed by atoms with E-state index in [4.69, 9.17) is 0 Å². The van der Waals surface area contributed by atoms with E-state index in [-0.39, 0.29) is 0 Å². The van der Waals surface area contributed by atoms with E-state index in [0.29, 0.717) is 12.0 Å². The van der Waals surface area contributed by atoms with Crippen LogP contribution in [0.4, 0.5) is 0 Å². The molecule has 3 rings (SSSR count). The molecule has 1 aliphatic rings. The van der Waals surface area contributed by atoms with Crippen molar-refractivity contribution in [3.8, 4) is 0 Å². The van der Waals surface area contributed by atoms with Gasteiger partial charge < -0.3 is 5.32 Å². The lowest BCUT2D eigenvalue weighted by Crippen LogP contribution is -2.21. The van der Waals surface area contributed by atoms with Crippen LogP contribution in [0, 0.1) is 0 Å². The maximum atomic E-state index is 3.57. The third-order valence-electron chi connectivity index (χ3n) is 4.35. The van der Waals surface area contributed by atoms with E-state index >= 15 is 0 Å². The summed E-state index contributed by atoms with van der Waals surface area (Å²) < 4.78 is 1.22. The quantitative estimate of drug-likeness (QED) is 0.791. The van der Waals surface area contributed by atoms with Gasteiger partial charge in [0.2, 0.25) is 0 Å². The largest absolute Gasteiger partial charge is 0.313 e. The van der Waals surface area contributed by atoms with Crippen LogP contribution in [0.3, 0.4) is 0 Å². The molecule has 0 amide bonds. The number of aryl methyl sites for hydroxylation is 1. The highest BCUT2D eigenvalue weighted by atomic mass is 79.9. The first-order chi connectivity index (χ1) is 9.78. The molecule has 1 nitrogen and oxygen atoms in total. The van der Waals surface area contributed by atoms with Gasteiger partial charge in [-0.1, -0.05) is 24.3 Å². The monoisotopic (exact) mass is 349 g/mol. The van der Waals surface area contributed by atoms with Gasteiger partial charge in [-0.05, 0) is 82.7 Å². The smallest absolute Gasteiger partial charge is 0.0701 e. The van der Waals surface area contributed by atoms with Gasteiger partial charge in [0, 0.05) is 6.04 Å². The predicted molar refractivity (Wildman–Crippen MR) is 90.6 cm³/mol. The molecule has 0 saturated carbocycles. The molecule has 0 saturated heterocycles. The maximum Gasteiger partial charge on any atom is 0.0701 e. The number of hydrogen-bond acceptors (Lipinski definition) is 2. The van der Waals surface area contributed by atoms with Crippen LogP contribution in [0.5, 0.6) is 0 Å². The fourth-order valence-electron chi connectivity index (χ4n) is 3.31. The van der Waals surface area contributed by atoms with E-state index in [1.54, 1.807) is 22.5 Å². The minimum absolute atomic E-state index is 0.453. The lowest BCUT2D eigenvalue weighted by Gasteiger charge is -2.28. The second-order valence-electron chi connectivity index (χ2n) is 5.55. The SMILES string of the molecule is CNC(CC1CCCc2ccccc21)c1csc(Br)c1. The van der Waals surface area contributed by atoms with Crippen molar-refractivity contribution in [2.24, 2.45) is 0 Å². The van der Waals surface area contributed by atoms with Crippen LogP contribution in [-0.4, -0.2) is 7.05 Å². The van der Waals surface area contributed by atoms with Crippen molar-refractivity contribution in [2.75, 3.05) is 7.05 Å². The van der Waals surface area contributed by atoms with Gasteiger partial charge in [-0.25, -0.2) is 0 Å². The van der Waals surface area contributed by atoms with E-state index in [9.17, 15) is 0 Å². The molecule has 2 atom stereocenters. The minimum atomic E-state index is 0.453. The summed E-state index contributed by atoms with van der Waals surface area (Å²) in [5.41, 5.74) is 4.55. The third kappa shape index (κ3) is 3.00. The molecule has 0 spiro atoms. The van der Waals surface area contributed by atoms with Gasteiger partial charge in [-0.2, -0.15) is 0 Å². The second-order valence-corrected chi connectivity index (χ2v) is 7.84. The van der Waals surface area contributed by atoms with E-state index in [1.165, 1.54) is 35.0 Å². The Morgan fingerprint density at radius 3 is 3.00 bits per heavy atom. The molecule has 0 bridgehead atoms. The van der Waals surface area contributed by atoms with Gasteiger partial charge in [0.25, 0.3) is 0 Å². The third-order valence-corrected chi connectivity index (χ3v) is 5.88. The molecule has 1 N–H and O–H groups in total. The second kappa shape index (κ2) is 6.42. The molecule has 0 radical (unpaired) electrons. The summed E-state index contributed by atoms with van der Waals surface area (Å²) in [6.45, 7) is 0. The van der Waals surface area contributed by atoms with Crippen LogP contribution in [0.2, 0.25) is 0 Å². The average Bonchev–Trinajstić information content (AvgIpc) is 2.91. The molecule has 1 heterocycles. The zero-order valence-electron chi connectivity index (χ0n) is 11.7. The van der Waals surface area contributed by atoms with Gasteiger partial charge >= 0.3 is 0 Å². The number of nitrogens with one attached hydrogen (secondary N) is 1. The summed E-state index contributed by atoms with van der Waals surface area (Å²) in [6, 6.07) is 11.7. The van der Waals surface area contributed by atoms with Gasteiger partial charge in [-0.15, -0.1) is 11.3 Å². The van der Waals surface area contributed by atoms with Crippen molar-refractivity contribution < 1.29 is 0 Å². The Bertz CT molecular complexity index is 578. The van der Waals surface area contributed by atoms with Crippen molar-refractivity contribution in [3.05, 3.63) is 56.2 Å². The number of fused-ring (bicyclic) bond motifs is 1. The van der Waals surface area contributed by atoms with Gasteiger partial charge in [-0.3, -0.25) is 0 Å². The van der Waals surface area contributed by atoms with Crippen molar-refractivity contribution in [1.29, 1.82) is 0 Å². The summed E-state index contributed by atoms with van der Waals surface area (Å²) in [5, 5.41) is 5.76. The van der Waals surface area contributed by atoms with Crippen LogP contribution in [0.15, 0.2) is 39.5 Å². The van der Waals surface area contributed by atoms with Gasteiger partial charge in [0.1, 0.15) is 0 Å². The molecule has 2 unspecified atom stereocenters. The predicted octanol–water partition coefficient (Wildman–Crippen LogP) is 5.28. The van der Waals surface area contributed by atoms with Crippen LogP contribution in [0.1, 0.15) is 47.9 Å². The summed E-state index contributed by atoms with van der Waals surface area (Å²) in [4.78, 5) is 0. The van der Waals surface area contributed by atoms with Crippen molar-refractivity contribution in [1.82, 2.24) is 5.32 Å². The molecule has 3 heteroatoms. The first kappa shape index (κ1) is 14.3. The zero-order valence-corrected chi connectivity index (χ0v) is 14.1. The van der Waals surface area contributed by atoms with E-state index in [1.807, 2.05) is 0 Å². The Morgan fingerprint density at radius 1 is 1.40 bits per heavy atom. The molecule has 1 aromatic heterocycles. The van der Waals surface area contributed by atoms with Crippen molar-refractivity contribution in [3.63, 3.8) is 0 Å².